The van der Waals surface area contributed by atoms with Crippen molar-refractivity contribution >= 4 is 11.8 Å². The van der Waals surface area contributed by atoms with Gasteiger partial charge < -0.3 is 9.84 Å². The maximum atomic E-state index is 10.4. The lowest BCUT2D eigenvalue weighted by Gasteiger charge is -2.07. The van der Waals surface area contributed by atoms with E-state index in [2.05, 4.69) is 5.32 Å². The Bertz CT molecular complexity index is 396. The molecule has 14 heavy (non-hydrogen) atoms. The van der Waals surface area contributed by atoms with Gasteiger partial charge in [0, 0.05) is 0 Å². The molecule has 0 aromatic heterocycles. The van der Waals surface area contributed by atoms with Gasteiger partial charge in [0.2, 0.25) is 0 Å². The fourth-order valence-electron chi connectivity index (χ4n) is 0.990. The first-order valence-electron chi connectivity index (χ1n) is 3.75. The molecule has 0 bridgehead atoms. The minimum atomic E-state index is -1.20. The van der Waals surface area contributed by atoms with E-state index in [1.807, 2.05) is 6.07 Å². The van der Waals surface area contributed by atoms with Crippen LogP contribution in [0, 0.1) is 11.3 Å². The van der Waals surface area contributed by atoms with Gasteiger partial charge in [-0.15, -0.1) is 0 Å². The van der Waals surface area contributed by atoms with Gasteiger partial charge in [0.05, 0.1) is 24.4 Å². The summed E-state index contributed by atoms with van der Waals surface area (Å²) in [5.74, 6) is 0.381. The SMILES string of the molecule is COc1ccc(C#N)cc1NC(=O)O. The van der Waals surface area contributed by atoms with Crippen LogP contribution in [0.25, 0.3) is 0 Å². The minimum absolute atomic E-state index is 0.263. The fourth-order valence-corrected chi connectivity index (χ4v) is 0.990. The summed E-state index contributed by atoms with van der Waals surface area (Å²) in [5.41, 5.74) is 0.633. The Morgan fingerprint density at radius 3 is 2.86 bits per heavy atom. The summed E-state index contributed by atoms with van der Waals surface area (Å²) in [6.07, 6.45) is -1.20. The summed E-state index contributed by atoms with van der Waals surface area (Å²) in [6, 6.07) is 6.39. The number of anilines is 1. The van der Waals surface area contributed by atoms with Gasteiger partial charge in [-0.05, 0) is 18.2 Å². The molecule has 1 aromatic rings. The van der Waals surface area contributed by atoms with Gasteiger partial charge >= 0.3 is 6.09 Å². The highest BCUT2D eigenvalue weighted by Crippen LogP contribution is 2.24. The number of hydrogen-bond acceptors (Lipinski definition) is 3. The first-order chi connectivity index (χ1) is 6.67. The largest absolute Gasteiger partial charge is 0.495 e. The van der Waals surface area contributed by atoms with Crippen molar-refractivity contribution in [3.05, 3.63) is 23.8 Å². The monoisotopic (exact) mass is 192 g/mol. The number of ether oxygens (including phenoxy) is 1. The average molecular weight is 192 g/mol. The summed E-state index contributed by atoms with van der Waals surface area (Å²) in [7, 11) is 1.43. The van der Waals surface area contributed by atoms with Crippen molar-refractivity contribution in [1.29, 1.82) is 5.26 Å². The summed E-state index contributed by atoms with van der Waals surface area (Å²) in [6.45, 7) is 0. The maximum Gasteiger partial charge on any atom is 0.409 e. The average Bonchev–Trinajstić information content (AvgIpc) is 2.16. The standard InChI is InChI=1S/C9H8N2O3/c1-14-8-3-2-6(5-10)4-7(8)11-9(12)13/h2-4,11H,1H3,(H,12,13). The topological polar surface area (TPSA) is 82.3 Å². The van der Waals surface area contributed by atoms with Crippen molar-refractivity contribution in [2.45, 2.75) is 0 Å². The molecule has 0 fully saturated rings. The van der Waals surface area contributed by atoms with E-state index in [1.54, 1.807) is 6.07 Å². The van der Waals surface area contributed by atoms with E-state index in [1.165, 1.54) is 19.2 Å². The molecule has 0 saturated heterocycles. The molecule has 1 aromatic carbocycles. The Morgan fingerprint density at radius 1 is 1.64 bits per heavy atom. The second kappa shape index (κ2) is 4.14. The van der Waals surface area contributed by atoms with Crippen LogP contribution in [0.15, 0.2) is 18.2 Å². The molecule has 0 heterocycles. The first kappa shape index (κ1) is 9.86. The van der Waals surface area contributed by atoms with Crippen LogP contribution >= 0.6 is 0 Å². The summed E-state index contributed by atoms with van der Waals surface area (Å²) in [5, 5.41) is 19.2. The van der Waals surface area contributed by atoms with E-state index < -0.39 is 6.09 Å². The van der Waals surface area contributed by atoms with Gasteiger partial charge in [-0.3, -0.25) is 5.32 Å². The van der Waals surface area contributed by atoms with Crippen molar-refractivity contribution in [2.24, 2.45) is 0 Å². The zero-order valence-corrected chi connectivity index (χ0v) is 7.44. The minimum Gasteiger partial charge on any atom is -0.495 e. The van der Waals surface area contributed by atoms with Crippen molar-refractivity contribution < 1.29 is 14.6 Å². The highest BCUT2D eigenvalue weighted by atomic mass is 16.5. The van der Waals surface area contributed by atoms with Gasteiger partial charge in [0.1, 0.15) is 5.75 Å². The normalized spacial score (nSPS) is 8.86. The number of hydrogen-bond donors (Lipinski definition) is 2. The van der Waals surface area contributed by atoms with E-state index in [0.717, 1.165) is 0 Å². The number of benzene rings is 1. The molecule has 0 aliphatic rings. The maximum absolute atomic E-state index is 10.4. The highest BCUT2D eigenvalue weighted by Gasteiger charge is 2.06. The van der Waals surface area contributed by atoms with Gasteiger partial charge in [0.25, 0.3) is 0 Å². The number of carboxylic acid groups (broad SMARTS) is 1. The summed E-state index contributed by atoms with van der Waals surface area (Å²) in [4.78, 5) is 10.4. The number of nitrogens with zero attached hydrogens (tertiary/aromatic N) is 1. The molecule has 0 aliphatic heterocycles. The van der Waals surface area contributed by atoms with Crippen LogP contribution in [-0.2, 0) is 0 Å². The number of nitriles is 1. The lowest BCUT2D eigenvalue weighted by molar-refractivity contribution is 0.209. The van der Waals surface area contributed by atoms with Gasteiger partial charge in [0.15, 0.2) is 0 Å². The van der Waals surface area contributed by atoms with E-state index in [0.29, 0.717) is 11.3 Å². The number of methoxy groups -OCH3 is 1. The van der Waals surface area contributed by atoms with Crippen LogP contribution in [0.3, 0.4) is 0 Å². The first-order valence-corrected chi connectivity index (χ1v) is 3.75. The van der Waals surface area contributed by atoms with E-state index in [4.69, 9.17) is 15.1 Å². The van der Waals surface area contributed by atoms with Crippen molar-refractivity contribution in [3.8, 4) is 11.8 Å². The Morgan fingerprint density at radius 2 is 2.36 bits per heavy atom. The molecule has 72 valence electrons. The molecule has 5 nitrogen and oxygen atoms in total. The molecule has 2 N–H and O–H groups in total. The second-order valence-corrected chi connectivity index (χ2v) is 2.46. The summed E-state index contributed by atoms with van der Waals surface area (Å²) < 4.78 is 4.91. The van der Waals surface area contributed by atoms with Crippen molar-refractivity contribution in [1.82, 2.24) is 0 Å². The molecule has 0 radical (unpaired) electrons. The van der Waals surface area contributed by atoms with Crippen LogP contribution in [-0.4, -0.2) is 18.3 Å². The molecule has 0 aliphatic carbocycles. The zero-order valence-electron chi connectivity index (χ0n) is 7.44. The second-order valence-electron chi connectivity index (χ2n) is 2.46. The van der Waals surface area contributed by atoms with Crippen molar-refractivity contribution in [2.75, 3.05) is 12.4 Å². The van der Waals surface area contributed by atoms with Crippen molar-refractivity contribution in [3.63, 3.8) is 0 Å². The van der Waals surface area contributed by atoms with Gasteiger partial charge in [-0.2, -0.15) is 5.26 Å². The number of amides is 1. The van der Waals surface area contributed by atoms with E-state index >= 15 is 0 Å². The van der Waals surface area contributed by atoms with Crippen LogP contribution in [0.2, 0.25) is 0 Å². The van der Waals surface area contributed by atoms with Gasteiger partial charge in [-0.25, -0.2) is 4.79 Å². The van der Waals surface area contributed by atoms with Crippen LogP contribution in [0.5, 0.6) is 5.75 Å². The highest BCUT2D eigenvalue weighted by molar-refractivity contribution is 5.85. The molecule has 0 unspecified atom stereocenters. The van der Waals surface area contributed by atoms with Crippen LogP contribution in [0.1, 0.15) is 5.56 Å². The lowest BCUT2D eigenvalue weighted by Crippen LogP contribution is -2.08. The smallest absolute Gasteiger partial charge is 0.409 e. The predicted octanol–water partition coefficient (Wildman–Crippen LogP) is 1.66. The number of rotatable bonds is 2. The zero-order chi connectivity index (χ0) is 10.6. The number of nitrogens with one attached hydrogen (secondary N) is 1. The quantitative estimate of drug-likeness (QED) is 0.746. The Hall–Kier alpha value is -2.22. The molecule has 1 rings (SSSR count). The molecule has 0 spiro atoms. The molecular formula is C9H8N2O3. The number of carbonyl (C=O) groups is 1. The third kappa shape index (κ3) is 2.14. The Labute approximate surface area is 80.5 Å². The molecule has 1 amide bonds. The summed E-state index contributed by atoms with van der Waals surface area (Å²) >= 11 is 0. The van der Waals surface area contributed by atoms with E-state index in [-0.39, 0.29) is 5.69 Å². The van der Waals surface area contributed by atoms with E-state index in [9.17, 15) is 4.79 Å². The van der Waals surface area contributed by atoms with Crippen LogP contribution < -0.4 is 10.1 Å². The third-order valence-electron chi connectivity index (χ3n) is 1.57. The third-order valence-corrected chi connectivity index (χ3v) is 1.57. The van der Waals surface area contributed by atoms with Crippen LogP contribution in [0.4, 0.5) is 10.5 Å². The molecular weight excluding hydrogens is 184 g/mol. The van der Waals surface area contributed by atoms with Gasteiger partial charge in [-0.1, -0.05) is 0 Å². The predicted molar refractivity (Wildman–Crippen MR) is 49.4 cm³/mol. The molecule has 0 atom stereocenters. The molecule has 5 heteroatoms. The Kier molecular flexibility index (Phi) is 2.92. The lowest BCUT2D eigenvalue weighted by atomic mass is 10.2. The fraction of sp³-hybridized carbons (Fsp3) is 0.111. The Balaban J connectivity index is 3.09. The molecule has 0 saturated carbocycles.